The zero-order valence-electron chi connectivity index (χ0n) is 8.22. The minimum atomic E-state index is -0.771. The van der Waals surface area contributed by atoms with Crippen LogP contribution < -0.4 is 5.73 Å². The summed E-state index contributed by atoms with van der Waals surface area (Å²) in [7, 11) is 0. The van der Waals surface area contributed by atoms with Crippen molar-refractivity contribution in [3.8, 4) is 0 Å². The maximum atomic E-state index is 11.7. The second-order valence-corrected chi connectivity index (χ2v) is 2.89. The number of carbonyl (C=O) groups excluding carboxylic acids is 2. The first kappa shape index (κ1) is 11.2. The molecule has 0 saturated carbocycles. The first-order valence-corrected chi connectivity index (χ1v) is 4.47. The van der Waals surface area contributed by atoms with Gasteiger partial charge in [-0.25, -0.2) is 4.79 Å². The topological polar surface area (TPSA) is 76.3 Å². The highest BCUT2D eigenvalue weighted by atomic mass is 16.2. The van der Waals surface area contributed by atoms with Gasteiger partial charge in [-0.2, -0.15) is 0 Å². The Kier molecular flexibility index (Phi) is 3.79. The van der Waals surface area contributed by atoms with Gasteiger partial charge in [0.25, 0.3) is 5.91 Å². The fourth-order valence-electron chi connectivity index (χ4n) is 1.12. The van der Waals surface area contributed by atoms with Crippen LogP contribution in [0, 0.1) is 6.92 Å². The summed E-state index contributed by atoms with van der Waals surface area (Å²) < 4.78 is 0. The van der Waals surface area contributed by atoms with Gasteiger partial charge in [0, 0.05) is 18.9 Å². The third kappa shape index (κ3) is 2.77. The van der Waals surface area contributed by atoms with Gasteiger partial charge >= 0.3 is 6.03 Å². The SMILES string of the molecule is [CH2]CCN(C(N)=O)C(=O)c1cccnc1. The minimum Gasteiger partial charge on any atom is -0.351 e. The van der Waals surface area contributed by atoms with Crippen LogP contribution >= 0.6 is 0 Å². The van der Waals surface area contributed by atoms with E-state index >= 15 is 0 Å². The van der Waals surface area contributed by atoms with E-state index in [1.807, 2.05) is 0 Å². The van der Waals surface area contributed by atoms with E-state index in [2.05, 4.69) is 11.9 Å². The third-order valence-corrected chi connectivity index (χ3v) is 1.80. The van der Waals surface area contributed by atoms with Crippen LogP contribution in [0.15, 0.2) is 24.5 Å². The smallest absolute Gasteiger partial charge is 0.321 e. The van der Waals surface area contributed by atoms with Crippen LogP contribution in [0.1, 0.15) is 16.8 Å². The van der Waals surface area contributed by atoms with Crippen LogP contribution in [-0.4, -0.2) is 28.4 Å². The summed E-state index contributed by atoms with van der Waals surface area (Å²) in [5.74, 6) is -0.445. The lowest BCUT2D eigenvalue weighted by Gasteiger charge is -2.16. The van der Waals surface area contributed by atoms with Crippen LogP contribution in [0.2, 0.25) is 0 Å². The van der Waals surface area contributed by atoms with Crippen LogP contribution in [0.5, 0.6) is 0 Å². The van der Waals surface area contributed by atoms with E-state index in [0.717, 1.165) is 4.90 Å². The summed E-state index contributed by atoms with van der Waals surface area (Å²) in [5.41, 5.74) is 5.42. The lowest BCUT2D eigenvalue weighted by atomic mass is 10.2. The van der Waals surface area contributed by atoms with Gasteiger partial charge in [0.2, 0.25) is 0 Å². The molecule has 0 aromatic carbocycles. The van der Waals surface area contributed by atoms with Gasteiger partial charge < -0.3 is 5.73 Å². The molecular weight excluding hydrogens is 194 g/mol. The Morgan fingerprint density at radius 3 is 2.73 bits per heavy atom. The van der Waals surface area contributed by atoms with Gasteiger partial charge in [0.15, 0.2) is 0 Å². The minimum absolute atomic E-state index is 0.211. The van der Waals surface area contributed by atoms with Gasteiger partial charge in [-0.1, -0.05) is 6.92 Å². The lowest BCUT2D eigenvalue weighted by Crippen LogP contribution is -2.41. The molecule has 1 rings (SSSR count). The third-order valence-electron chi connectivity index (χ3n) is 1.80. The number of imide groups is 1. The van der Waals surface area contributed by atoms with Gasteiger partial charge in [0.1, 0.15) is 0 Å². The predicted molar refractivity (Wildman–Crippen MR) is 54.8 cm³/mol. The van der Waals surface area contributed by atoms with Gasteiger partial charge in [0.05, 0.1) is 5.56 Å². The van der Waals surface area contributed by atoms with Crippen molar-refractivity contribution in [2.45, 2.75) is 6.42 Å². The molecule has 3 amide bonds. The highest BCUT2D eigenvalue weighted by molar-refractivity contribution is 6.03. The standard InChI is InChI=1S/C10H12N3O2/c1-2-6-13(10(11)15)9(14)8-4-3-5-12-7-8/h3-5,7H,1-2,6H2,(H2,11,15). The second-order valence-electron chi connectivity index (χ2n) is 2.89. The molecule has 0 fully saturated rings. The van der Waals surface area contributed by atoms with Gasteiger partial charge in [-0.3, -0.25) is 14.7 Å². The molecule has 5 nitrogen and oxygen atoms in total. The summed E-state index contributed by atoms with van der Waals surface area (Å²) in [6.45, 7) is 3.78. The Balaban J connectivity index is 2.86. The van der Waals surface area contributed by atoms with Crippen LogP contribution in [0.4, 0.5) is 4.79 Å². The van der Waals surface area contributed by atoms with E-state index in [9.17, 15) is 9.59 Å². The van der Waals surface area contributed by atoms with Crippen molar-refractivity contribution >= 4 is 11.9 Å². The Morgan fingerprint density at radius 1 is 1.53 bits per heavy atom. The number of nitrogens with zero attached hydrogens (tertiary/aromatic N) is 2. The quantitative estimate of drug-likeness (QED) is 0.795. The van der Waals surface area contributed by atoms with Crippen LogP contribution in [0.3, 0.4) is 0 Å². The molecule has 0 aliphatic rings. The number of nitrogens with two attached hydrogens (primary N) is 1. The summed E-state index contributed by atoms with van der Waals surface area (Å²) >= 11 is 0. The van der Waals surface area contributed by atoms with Crippen molar-refractivity contribution in [2.75, 3.05) is 6.54 Å². The zero-order valence-corrected chi connectivity index (χ0v) is 8.22. The van der Waals surface area contributed by atoms with E-state index in [0.29, 0.717) is 12.0 Å². The average molecular weight is 206 g/mol. The maximum absolute atomic E-state index is 11.7. The van der Waals surface area contributed by atoms with Crippen molar-refractivity contribution in [3.63, 3.8) is 0 Å². The van der Waals surface area contributed by atoms with Crippen LogP contribution in [-0.2, 0) is 0 Å². The Labute approximate surface area is 87.9 Å². The van der Waals surface area contributed by atoms with E-state index in [1.165, 1.54) is 6.20 Å². The number of amides is 3. The Hall–Kier alpha value is -1.91. The molecule has 2 N–H and O–H groups in total. The number of pyridine rings is 1. The summed E-state index contributed by atoms with van der Waals surface area (Å²) in [4.78, 5) is 27.5. The fourth-order valence-corrected chi connectivity index (χ4v) is 1.12. The average Bonchev–Trinajstić information content (AvgIpc) is 2.26. The molecule has 0 spiro atoms. The molecule has 79 valence electrons. The van der Waals surface area contributed by atoms with E-state index in [4.69, 9.17) is 5.73 Å². The number of urea groups is 1. The molecule has 1 radical (unpaired) electrons. The lowest BCUT2D eigenvalue weighted by molar-refractivity contribution is 0.0809. The first-order valence-electron chi connectivity index (χ1n) is 4.47. The van der Waals surface area contributed by atoms with E-state index in [1.54, 1.807) is 18.3 Å². The number of hydrogen-bond donors (Lipinski definition) is 1. The van der Waals surface area contributed by atoms with E-state index in [-0.39, 0.29) is 6.54 Å². The normalized spacial score (nSPS) is 9.67. The Bertz CT molecular complexity index is 351. The monoisotopic (exact) mass is 206 g/mol. The van der Waals surface area contributed by atoms with Crippen molar-refractivity contribution < 1.29 is 9.59 Å². The molecule has 0 aliphatic heterocycles. The molecule has 0 saturated heterocycles. The molecule has 1 aromatic rings. The Morgan fingerprint density at radius 2 is 2.27 bits per heavy atom. The molecule has 5 heteroatoms. The highest BCUT2D eigenvalue weighted by Gasteiger charge is 2.19. The molecular formula is C10H12N3O2. The van der Waals surface area contributed by atoms with Crippen molar-refractivity contribution in [1.82, 2.24) is 9.88 Å². The zero-order chi connectivity index (χ0) is 11.3. The fraction of sp³-hybridized carbons (Fsp3) is 0.200. The van der Waals surface area contributed by atoms with Gasteiger partial charge in [-0.15, -0.1) is 0 Å². The molecule has 0 unspecified atom stereocenters. The number of primary amides is 1. The van der Waals surface area contributed by atoms with Crippen LogP contribution in [0.25, 0.3) is 0 Å². The first-order chi connectivity index (χ1) is 7.16. The molecule has 0 atom stereocenters. The number of aromatic nitrogens is 1. The summed E-state index contributed by atoms with van der Waals surface area (Å²) in [5, 5.41) is 0. The number of rotatable bonds is 3. The predicted octanol–water partition coefficient (Wildman–Crippen LogP) is 0.827. The largest absolute Gasteiger partial charge is 0.351 e. The van der Waals surface area contributed by atoms with Gasteiger partial charge in [-0.05, 0) is 18.6 Å². The molecule has 0 aliphatic carbocycles. The number of hydrogen-bond acceptors (Lipinski definition) is 3. The van der Waals surface area contributed by atoms with Crippen molar-refractivity contribution in [3.05, 3.63) is 37.0 Å². The molecule has 15 heavy (non-hydrogen) atoms. The number of carbonyl (C=O) groups is 2. The molecule has 1 aromatic heterocycles. The molecule has 0 bridgehead atoms. The summed E-state index contributed by atoms with van der Waals surface area (Å²) in [6.07, 6.45) is 3.36. The summed E-state index contributed by atoms with van der Waals surface area (Å²) in [6, 6.07) is 2.43. The highest BCUT2D eigenvalue weighted by Crippen LogP contribution is 2.03. The molecule has 1 heterocycles. The van der Waals surface area contributed by atoms with Crippen molar-refractivity contribution in [2.24, 2.45) is 5.73 Å². The van der Waals surface area contributed by atoms with E-state index < -0.39 is 11.9 Å². The second kappa shape index (κ2) is 5.09. The van der Waals surface area contributed by atoms with Crippen molar-refractivity contribution in [1.29, 1.82) is 0 Å². The maximum Gasteiger partial charge on any atom is 0.321 e.